The summed E-state index contributed by atoms with van der Waals surface area (Å²) in [5, 5.41) is 10.2. The zero-order valence-electron chi connectivity index (χ0n) is 24.9. The molecule has 0 unspecified atom stereocenters. The van der Waals surface area contributed by atoms with Gasteiger partial charge in [0.05, 0.1) is 16.8 Å². The van der Waals surface area contributed by atoms with Crippen LogP contribution in [0.2, 0.25) is 0 Å². The number of aromatic hydroxyl groups is 1. The molecule has 0 saturated carbocycles. The zero-order valence-corrected chi connectivity index (χ0v) is 24.9. The fraction of sp³-hybridized carbons (Fsp3) is 0.250. The van der Waals surface area contributed by atoms with Crippen LogP contribution in [0.4, 0.5) is 5.82 Å². The molecule has 0 spiro atoms. The van der Waals surface area contributed by atoms with Crippen molar-refractivity contribution >= 4 is 46.5 Å². The van der Waals surface area contributed by atoms with Gasteiger partial charge in [0, 0.05) is 33.6 Å². The third-order valence-corrected chi connectivity index (χ3v) is 7.14. The number of para-hydroxylation sites is 1. The highest BCUT2D eigenvalue weighted by molar-refractivity contribution is 6.08. The molecule has 1 amide bonds. The van der Waals surface area contributed by atoms with Gasteiger partial charge in [0.2, 0.25) is 12.2 Å². The molecule has 1 aliphatic carbocycles. The first-order chi connectivity index (χ1) is 20.9. The van der Waals surface area contributed by atoms with Gasteiger partial charge in [-0.2, -0.15) is 0 Å². The first-order valence-corrected chi connectivity index (χ1v) is 13.7. The smallest absolute Gasteiger partial charge is 0.339 e. The van der Waals surface area contributed by atoms with Gasteiger partial charge in [-0.05, 0) is 60.2 Å². The second-order valence-electron chi connectivity index (χ2n) is 10.5. The monoisotopic (exact) mass is 599 g/mol. The van der Waals surface area contributed by atoms with Crippen LogP contribution >= 0.6 is 0 Å². The third kappa shape index (κ3) is 6.43. The molecule has 2 aromatic carbocycles. The lowest BCUT2D eigenvalue weighted by Crippen LogP contribution is -2.42. The molecule has 2 heterocycles. The number of nitrogen functional groups attached to an aromatic ring is 1. The number of pyridine rings is 1. The second-order valence-corrected chi connectivity index (χ2v) is 10.5. The molecule has 0 fully saturated rings. The molecular weight excluding hydrogens is 566 g/mol. The number of ketones is 1. The number of benzene rings is 2. The summed E-state index contributed by atoms with van der Waals surface area (Å²) in [7, 11) is 5.96. The third-order valence-electron chi connectivity index (χ3n) is 7.14. The largest absolute Gasteiger partial charge is 0.508 e. The first kappa shape index (κ1) is 31.4. The summed E-state index contributed by atoms with van der Waals surface area (Å²) in [6.45, 7) is -0.724. The predicted molar refractivity (Wildman–Crippen MR) is 166 cm³/mol. The van der Waals surface area contributed by atoms with Gasteiger partial charge >= 0.3 is 11.7 Å². The maximum atomic E-state index is 13.5. The van der Waals surface area contributed by atoms with Crippen LogP contribution in [0.25, 0.3) is 22.6 Å². The van der Waals surface area contributed by atoms with Crippen molar-refractivity contribution in [3.05, 3.63) is 97.3 Å². The lowest BCUT2D eigenvalue weighted by Gasteiger charge is -2.22. The lowest BCUT2D eigenvalue weighted by atomic mass is 9.86. The number of aromatic nitrogens is 3. The van der Waals surface area contributed by atoms with Crippen molar-refractivity contribution in [1.29, 1.82) is 0 Å². The number of nitrogens with two attached hydrogens (primary N) is 1. The van der Waals surface area contributed by atoms with Crippen LogP contribution in [0.5, 0.6) is 5.75 Å². The fourth-order valence-corrected chi connectivity index (χ4v) is 4.88. The molecule has 0 bridgehead atoms. The Balaban J connectivity index is 0.000000818. The topological polar surface area (TPSA) is 167 Å². The number of phenols is 1. The Labute approximate surface area is 252 Å². The minimum atomic E-state index is -0.854. The number of fused-ring (bicyclic) bond motifs is 2. The molecule has 0 saturated heterocycles. The van der Waals surface area contributed by atoms with E-state index in [9.17, 15) is 29.1 Å². The van der Waals surface area contributed by atoms with E-state index in [1.807, 2.05) is 12.1 Å². The number of hydrogen-bond donors (Lipinski definition) is 2. The van der Waals surface area contributed by atoms with Gasteiger partial charge in [-0.1, -0.05) is 30.3 Å². The summed E-state index contributed by atoms with van der Waals surface area (Å²) in [5.41, 5.74) is 8.11. The van der Waals surface area contributed by atoms with Crippen LogP contribution in [-0.4, -0.2) is 63.0 Å². The molecule has 1 aliphatic rings. The number of nitrogens with zero attached hydrogens (tertiary/aromatic N) is 4. The molecule has 3 N–H and O–H groups in total. The summed E-state index contributed by atoms with van der Waals surface area (Å²) in [6.07, 6.45) is 4.85. The summed E-state index contributed by atoms with van der Waals surface area (Å²) < 4.78 is 7.22. The maximum absolute atomic E-state index is 13.5. The number of hydrogen-bond acceptors (Lipinski definition) is 9. The number of amides is 1. The number of Topliss-reactive ketones (excluding diaryl/α,β-unsaturated/α-hetero) is 1. The Bertz CT molecular complexity index is 1900. The molecule has 2 aromatic heterocycles. The van der Waals surface area contributed by atoms with E-state index in [0.29, 0.717) is 28.6 Å². The average molecular weight is 600 g/mol. The molecule has 44 heavy (non-hydrogen) atoms. The van der Waals surface area contributed by atoms with Crippen molar-refractivity contribution < 1.29 is 24.2 Å². The number of allylic oxidation sites excluding steroid dienone is 1. The zero-order chi connectivity index (χ0) is 32.1. The Morgan fingerprint density at radius 3 is 2.34 bits per heavy atom. The van der Waals surface area contributed by atoms with Crippen LogP contribution < -0.4 is 17.0 Å². The summed E-state index contributed by atoms with van der Waals surface area (Å²) in [6, 6.07) is 14.0. The normalized spacial score (nSPS) is 13.0. The fourth-order valence-electron chi connectivity index (χ4n) is 4.88. The van der Waals surface area contributed by atoms with Crippen LogP contribution in [0.15, 0.2) is 58.1 Å². The van der Waals surface area contributed by atoms with Crippen molar-refractivity contribution in [3.8, 4) is 5.75 Å². The molecule has 0 atom stereocenters. The van der Waals surface area contributed by atoms with Crippen LogP contribution in [0, 0.1) is 0 Å². The molecule has 0 radical (unpaired) electrons. The highest BCUT2D eigenvalue weighted by Gasteiger charge is 2.27. The molecule has 4 aromatic rings. The summed E-state index contributed by atoms with van der Waals surface area (Å²) >= 11 is 0. The van der Waals surface area contributed by atoms with Crippen molar-refractivity contribution in [2.24, 2.45) is 14.1 Å². The van der Waals surface area contributed by atoms with Crippen molar-refractivity contribution in [2.75, 3.05) is 26.4 Å². The van der Waals surface area contributed by atoms with E-state index in [-0.39, 0.29) is 11.6 Å². The van der Waals surface area contributed by atoms with E-state index >= 15 is 0 Å². The van der Waals surface area contributed by atoms with Gasteiger partial charge in [-0.15, -0.1) is 0 Å². The second kappa shape index (κ2) is 13.2. The van der Waals surface area contributed by atoms with Crippen molar-refractivity contribution in [2.45, 2.75) is 19.3 Å². The standard InChI is InChI=1S/C29H26N4O6.C3H7NO/c1-32-26(30)24(27(36)33(2)29(32)38)22(35)15-39-28(37)23-19-7-3-4-9-21(19)31-25-17(6-5-8-20(23)25)14-16-10-12-18(34)13-11-16;1-4(2)3-5/h3-4,7,9-14,34H,5-6,8,15,30H2,1-2H3;3H,1-2H3. The number of ether oxygens (including phenoxy) is 1. The highest BCUT2D eigenvalue weighted by Crippen LogP contribution is 2.36. The number of carbonyl (C=O) groups is 3. The van der Waals surface area contributed by atoms with E-state index in [1.165, 1.54) is 19.0 Å². The predicted octanol–water partition coefficient (Wildman–Crippen LogP) is 2.54. The summed E-state index contributed by atoms with van der Waals surface area (Å²) in [5.74, 6) is -1.65. The van der Waals surface area contributed by atoms with Crippen LogP contribution in [-0.2, 0) is 30.0 Å². The number of phenolic OH excluding ortho intramolecular Hbond substituents is 1. The van der Waals surface area contributed by atoms with Gasteiger partial charge in [-0.3, -0.25) is 23.5 Å². The Kier molecular flexibility index (Phi) is 9.42. The van der Waals surface area contributed by atoms with E-state index in [2.05, 4.69) is 0 Å². The van der Waals surface area contributed by atoms with E-state index in [4.69, 9.17) is 15.5 Å². The minimum absolute atomic E-state index is 0.169. The highest BCUT2D eigenvalue weighted by atomic mass is 16.5. The van der Waals surface area contributed by atoms with Crippen molar-refractivity contribution in [3.63, 3.8) is 0 Å². The molecule has 228 valence electrons. The minimum Gasteiger partial charge on any atom is -0.508 e. The molecule has 5 rings (SSSR count). The number of esters is 1. The maximum Gasteiger partial charge on any atom is 0.339 e. The van der Waals surface area contributed by atoms with Gasteiger partial charge in [0.1, 0.15) is 17.1 Å². The van der Waals surface area contributed by atoms with Gasteiger partial charge in [-0.25, -0.2) is 14.6 Å². The quantitative estimate of drug-likeness (QED) is 0.192. The first-order valence-electron chi connectivity index (χ1n) is 13.7. The molecule has 12 nitrogen and oxygen atoms in total. The van der Waals surface area contributed by atoms with Gasteiger partial charge < -0.3 is 20.5 Å². The number of carbonyl (C=O) groups excluding carboxylic acids is 3. The van der Waals surface area contributed by atoms with Gasteiger partial charge in [0.15, 0.2) is 6.61 Å². The van der Waals surface area contributed by atoms with E-state index < -0.39 is 35.2 Å². The van der Waals surface area contributed by atoms with E-state index in [0.717, 1.165) is 45.1 Å². The average Bonchev–Trinajstić information content (AvgIpc) is 3.02. The Morgan fingerprint density at radius 2 is 1.68 bits per heavy atom. The molecule has 0 aliphatic heterocycles. The van der Waals surface area contributed by atoms with Crippen LogP contribution in [0.3, 0.4) is 0 Å². The molecular formula is C32H33N5O7. The number of rotatable bonds is 6. The summed E-state index contributed by atoms with van der Waals surface area (Å²) in [4.78, 5) is 66.8. The molecule has 12 heteroatoms. The van der Waals surface area contributed by atoms with Crippen molar-refractivity contribution in [1.82, 2.24) is 19.0 Å². The van der Waals surface area contributed by atoms with E-state index in [1.54, 1.807) is 56.6 Å². The van der Waals surface area contributed by atoms with Crippen LogP contribution in [0.1, 0.15) is 50.4 Å². The SMILES string of the molecule is CN(C)C=O.Cn1c(N)c(C(=O)COC(=O)c2c3c(nc4ccccc24)C(=Cc2ccc(O)cc2)CCC3)c(=O)n(C)c1=O. The van der Waals surface area contributed by atoms with Gasteiger partial charge in [0.25, 0.3) is 5.56 Å². The Hall–Kier alpha value is -5.52. The number of anilines is 1. The lowest BCUT2D eigenvalue weighted by molar-refractivity contribution is -0.115. The Morgan fingerprint density at radius 1 is 1.02 bits per heavy atom.